The fraction of sp³-hybridized carbons (Fsp3) is 0.929. The van der Waals surface area contributed by atoms with Crippen molar-refractivity contribution in [2.24, 2.45) is 0 Å². The second kappa shape index (κ2) is 7.45. The Bertz CT molecular complexity index is 442. The van der Waals surface area contributed by atoms with Crippen LogP contribution < -0.4 is 5.32 Å². The monoisotopic (exact) mass is 320 g/mol. The average Bonchev–Trinajstić information content (AvgIpc) is 2.34. The second-order valence-corrected chi connectivity index (χ2v) is 8.50. The summed E-state index contributed by atoms with van der Waals surface area (Å²) in [4.78, 5) is 11.7. The summed E-state index contributed by atoms with van der Waals surface area (Å²) in [6.07, 6.45) is 2.75. The van der Waals surface area contributed by atoms with Crippen molar-refractivity contribution in [2.45, 2.75) is 65.0 Å². The van der Waals surface area contributed by atoms with E-state index in [0.29, 0.717) is 19.5 Å². The lowest BCUT2D eigenvalue weighted by Gasteiger charge is -2.34. The van der Waals surface area contributed by atoms with Gasteiger partial charge in [0.15, 0.2) is 0 Å². The lowest BCUT2D eigenvalue weighted by molar-refractivity contribution is 0.0512. The van der Waals surface area contributed by atoms with Crippen molar-refractivity contribution in [3.8, 4) is 0 Å². The Balaban J connectivity index is 2.60. The van der Waals surface area contributed by atoms with Gasteiger partial charge in [-0.3, -0.25) is 0 Å². The Morgan fingerprint density at radius 2 is 2.00 bits per heavy atom. The maximum atomic E-state index is 12.3. The first-order chi connectivity index (χ1) is 9.65. The molecule has 1 unspecified atom stereocenters. The van der Waals surface area contributed by atoms with Crippen molar-refractivity contribution < 1.29 is 17.9 Å². The van der Waals surface area contributed by atoms with E-state index in [2.05, 4.69) is 5.32 Å². The number of ether oxygens (including phenoxy) is 1. The number of sulfonamides is 1. The van der Waals surface area contributed by atoms with Crippen molar-refractivity contribution in [1.82, 2.24) is 9.62 Å². The van der Waals surface area contributed by atoms with Gasteiger partial charge in [-0.2, -0.15) is 4.31 Å². The Labute approximate surface area is 128 Å². The van der Waals surface area contributed by atoms with Gasteiger partial charge in [-0.05, 0) is 40.0 Å². The summed E-state index contributed by atoms with van der Waals surface area (Å²) in [5.74, 6) is 0.163. The summed E-state index contributed by atoms with van der Waals surface area (Å²) in [6.45, 7) is 8.10. The van der Waals surface area contributed by atoms with Crippen LogP contribution in [0.4, 0.5) is 4.79 Å². The average molecular weight is 320 g/mol. The first-order valence-corrected chi connectivity index (χ1v) is 9.23. The van der Waals surface area contributed by atoms with Crippen LogP contribution in [0.3, 0.4) is 0 Å². The summed E-state index contributed by atoms with van der Waals surface area (Å²) >= 11 is 0. The first-order valence-electron chi connectivity index (χ1n) is 7.62. The Morgan fingerprint density at radius 3 is 2.57 bits per heavy atom. The Morgan fingerprint density at radius 1 is 1.33 bits per heavy atom. The number of nitrogens with one attached hydrogen (secondary N) is 1. The van der Waals surface area contributed by atoms with Gasteiger partial charge in [0.25, 0.3) is 0 Å². The molecule has 0 aromatic carbocycles. The number of piperidine rings is 1. The van der Waals surface area contributed by atoms with E-state index in [1.807, 2.05) is 6.92 Å². The van der Waals surface area contributed by atoms with Gasteiger partial charge in [0, 0.05) is 19.1 Å². The third-order valence-corrected chi connectivity index (χ3v) is 5.39. The topological polar surface area (TPSA) is 75.7 Å². The number of hydrogen-bond acceptors (Lipinski definition) is 4. The van der Waals surface area contributed by atoms with Crippen LogP contribution in [-0.4, -0.2) is 49.3 Å². The molecule has 0 aliphatic carbocycles. The zero-order valence-electron chi connectivity index (χ0n) is 13.5. The zero-order chi connectivity index (χ0) is 16.1. The van der Waals surface area contributed by atoms with Crippen LogP contribution in [0.5, 0.6) is 0 Å². The molecule has 1 aliphatic heterocycles. The zero-order valence-corrected chi connectivity index (χ0v) is 14.3. The molecule has 1 amide bonds. The molecule has 1 atom stereocenters. The SMILES string of the molecule is CCCS(=O)(=O)N1CCCCC1CNC(=O)OC(C)(C)C. The third kappa shape index (κ3) is 6.22. The summed E-state index contributed by atoms with van der Waals surface area (Å²) in [7, 11) is -3.22. The van der Waals surface area contributed by atoms with Crippen LogP contribution >= 0.6 is 0 Å². The van der Waals surface area contributed by atoms with E-state index in [9.17, 15) is 13.2 Å². The van der Waals surface area contributed by atoms with Crippen LogP contribution in [0.25, 0.3) is 0 Å². The molecule has 1 aliphatic rings. The van der Waals surface area contributed by atoms with Crippen LogP contribution in [-0.2, 0) is 14.8 Å². The van der Waals surface area contributed by atoms with Crippen molar-refractivity contribution >= 4 is 16.1 Å². The minimum atomic E-state index is -3.22. The fourth-order valence-electron chi connectivity index (χ4n) is 2.43. The smallest absolute Gasteiger partial charge is 0.407 e. The predicted molar refractivity (Wildman–Crippen MR) is 82.7 cm³/mol. The summed E-state index contributed by atoms with van der Waals surface area (Å²) in [5, 5.41) is 2.69. The summed E-state index contributed by atoms with van der Waals surface area (Å²) in [5.41, 5.74) is -0.551. The molecule has 0 aromatic heterocycles. The lowest BCUT2D eigenvalue weighted by Crippen LogP contribution is -2.50. The van der Waals surface area contributed by atoms with Crippen LogP contribution in [0, 0.1) is 0 Å². The normalized spacial score (nSPS) is 21.0. The number of nitrogens with zero attached hydrogens (tertiary/aromatic N) is 1. The molecule has 0 bridgehead atoms. The number of rotatable bonds is 5. The molecule has 21 heavy (non-hydrogen) atoms. The molecule has 0 saturated carbocycles. The number of hydrogen-bond donors (Lipinski definition) is 1. The van der Waals surface area contributed by atoms with Gasteiger partial charge in [-0.15, -0.1) is 0 Å². The molecule has 0 radical (unpaired) electrons. The number of carbonyl (C=O) groups is 1. The van der Waals surface area contributed by atoms with Crippen LogP contribution in [0.15, 0.2) is 0 Å². The van der Waals surface area contributed by atoms with Gasteiger partial charge in [0.1, 0.15) is 5.60 Å². The largest absolute Gasteiger partial charge is 0.444 e. The number of carbonyl (C=O) groups excluding carboxylic acids is 1. The van der Waals surface area contributed by atoms with Gasteiger partial charge in [-0.25, -0.2) is 13.2 Å². The molecule has 124 valence electrons. The van der Waals surface area contributed by atoms with Crippen molar-refractivity contribution in [1.29, 1.82) is 0 Å². The number of alkyl carbamates (subject to hydrolysis) is 1. The van der Waals surface area contributed by atoms with E-state index in [1.54, 1.807) is 25.1 Å². The third-order valence-electron chi connectivity index (χ3n) is 3.27. The van der Waals surface area contributed by atoms with Crippen LogP contribution in [0.2, 0.25) is 0 Å². The quantitative estimate of drug-likeness (QED) is 0.842. The Hall–Kier alpha value is -0.820. The summed E-state index contributed by atoms with van der Waals surface area (Å²) < 4.78 is 31.2. The van der Waals surface area contributed by atoms with Gasteiger partial charge < -0.3 is 10.1 Å². The molecule has 6 nitrogen and oxygen atoms in total. The maximum absolute atomic E-state index is 12.3. The first kappa shape index (κ1) is 18.2. The molecule has 1 heterocycles. The van der Waals surface area contributed by atoms with Crippen molar-refractivity contribution in [3.63, 3.8) is 0 Å². The molecule has 1 saturated heterocycles. The molecule has 1 rings (SSSR count). The second-order valence-electron chi connectivity index (χ2n) is 6.46. The fourth-order valence-corrected chi connectivity index (χ4v) is 4.23. The van der Waals surface area contributed by atoms with Crippen molar-refractivity contribution in [2.75, 3.05) is 18.8 Å². The van der Waals surface area contributed by atoms with E-state index < -0.39 is 21.7 Å². The van der Waals surface area contributed by atoms with Gasteiger partial charge in [-0.1, -0.05) is 13.3 Å². The molecule has 0 spiro atoms. The predicted octanol–water partition coefficient (Wildman–Crippen LogP) is 2.11. The van der Waals surface area contributed by atoms with E-state index in [-0.39, 0.29) is 11.8 Å². The van der Waals surface area contributed by atoms with Gasteiger partial charge >= 0.3 is 6.09 Å². The molecule has 0 aromatic rings. The highest BCUT2D eigenvalue weighted by atomic mass is 32.2. The van der Waals surface area contributed by atoms with E-state index >= 15 is 0 Å². The molecular formula is C14H28N2O4S. The minimum absolute atomic E-state index is 0.163. The van der Waals surface area contributed by atoms with Crippen LogP contribution in [0.1, 0.15) is 53.4 Å². The summed E-state index contributed by atoms with van der Waals surface area (Å²) in [6, 6.07) is -0.164. The number of amides is 1. The van der Waals surface area contributed by atoms with E-state index in [1.165, 1.54) is 0 Å². The Kier molecular flexibility index (Phi) is 6.46. The molecule has 1 N–H and O–H groups in total. The molecule has 1 fully saturated rings. The highest BCUT2D eigenvalue weighted by Gasteiger charge is 2.32. The van der Waals surface area contributed by atoms with Crippen molar-refractivity contribution in [3.05, 3.63) is 0 Å². The molecule has 7 heteroatoms. The van der Waals surface area contributed by atoms with Gasteiger partial charge in [0.05, 0.1) is 5.75 Å². The van der Waals surface area contributed by atoms with E-state index in [4.69, 9.17) is 4.74 Å². The minimum Gasteiger partial charge on any atom is -0.444 e. The van der Waals surface area contributed by atoms with Gasteiger partial charge in [0.2, 0.25) is 10.0 Å². The molecular weight excluding hydrogens is 292 g/mol. The highest BCUT2D eigenvalue weighted by Crippen LogP contribution is 2.21. The highest BCUT2D eigenvalue weighted by molar-refractivity contribution is 7.89. The maximum Gasteiger partial charge on any atom is 0.407 e. The van der Waals surface area contributed by atoms with E-state index in [0.717, 1.165) is 19.3 Å². The lowest BCUT2D eigenvalue weighted by atomic mass is 10.1. The standard InChI is InChI=1S/C14H28N2O4S/c1-5-10-21(18,19)16-9-7-6-8-12(16)11-15-13(17)20-14(2,3)4/h12H,5-11H2,1-4H3,(H,15,17).